The highest BCUT2D eigenvalue weighted by Crippen LogP contribution is 2.39. The first-order chi connectivity index (χ1) is 11.4. The van der Waals surface area contributed by atoms with E-state index in [-0.39, 0.29) is 5.75 Å². The molecule has 122 valence electrons. The molecule has 0 radical (unpaired) electrons. The van der Waals surface area contributed by atoms with Crippen molar-refractivity contribution in [2.24, 2.45) is 0 Å². The lowest BCUT2D eigenvalue weighted by Gasteiger charge is -2.08. The summed E-state index contributed by atoms with van der Waals surface area (Å²) in [7, 11) is 1.33. The van der Waals surface area contributed by atoms with E-state index in [1.807, 2.05) is 26.0 Å². The Balaban J connectivity index is 2.21. The molecule has 0 aliphatic carbocycles. The van der Waals surface area contributed by atoms with Crippen molar-refractivity contribution >= 4 is 16.7 Å². The molecule has 0 saturated heterocycles. The number of phenolic OH excluding ortho intramolecular Hbond substituents is 1. The van der Waals surface area contributed by atoms with Crippen molar-refractivity contribution < 1.29 is 14.8 Å². The van der Waals surface area contributed by atoms with Gasteiger partial charge in [0.1, 0.15) is 0 Å². The van der Waals surface area contributed by atoms with Gasteiger partial charge in [0.25, 0.3) is 0 Å². The lowest BCUT2D eigenvalue weighted by Crippen LogP contribution is -1.95. The Kier molecular flexibility index (Phi) is 3.76. The molecular weight excluding hydrogens is 310 g/mol. The Hall–Kier alpha value is -3.22. The van der Waals surface area contributed by atoms with Crippen LogP contribution in [0.5, 0.6) is 11.5 Å². The molecule has 0 fully saturated rings. The summed E-state index contributed by atoms with van der Waals surface area (Å²) in [5.41, 5.74) is 4.13. The molecule has 3 rings (SSSR count). The van der Waals surface area contributed by atoms with E-state index in [9.17, 15) is 15.2 Å². The molecular formula is C17H15N3O4. The van der Waals surface area contributed by atoms with Crippen LogP contribution >= 0.6 is 0 Å². The SMILES string of the molecule is COc1cc(-c2cnc3cc(C)c(C)cc3n2)cc([N+](=O)[O-])c1O. The quantitative estimate of drug-likeness (QED) is 0.584. The van der Waals surface area contributed by atoms with Crippen LogP contribution < -0.4 is 4.74 Å². The number of hydrogen-bond donors (Lipinski definition) is 1. The van der Waals surface area contributed by atoms with E-state index in [4.69, 9.17) is 4.74 Å². The van der Waals surface area contributed by atoms with Gasteiger partial charge in [-0.3, -0.25) is 15.1 Å². The molecule has 1 aromatic heterocycles. The van der Waals surface area contributed by atoms with E-state index in [0.717, 1.165) is 16.6 Å². The second-order valence-corrected chi connectivity index (χ2v) is 5.48. The minimum atomic E-state index is -0.663. The second kappa shape index (κ2) is 5.77. The highest BCUT2D eigenvalue weighted by Gasteiger charge is 2.21. The molecule has 7 nitrogen and oxygen atoms in total. The predicted octanol–water partition coefficient (Wildman–Crippen LogP) is 3.54. The molecule has 2 aromatic carbocycles. The minimum Gasteiger partial charge on any atom is -0.500 e. The van der Waals surface area contributed by atoms with E-state index in [1.165, 1.54) is 19.2 Å². The lowest BCUT2D eigenvalue weighted by atomic mass is 10.1. The first-order valence-electron chi connectivity index (χ1n) is 7.20. The number of aromatic hydroxyl groups is 1. The molecule has 1 N–H and O–H groups in total. The van der Waals surface area contributed by atoms with Gasteiger partial charge in [0.15, 0.2) is 5.75 Å². The number of phenols is 1. The number of methoxy groups -OCH3 is 1. The van der Waals surface area contributed by atoms with E-state index in [0.29, 0.717) is 16.8 Å². The molecule has 0 aliphatic heterocycles. The van der Waals surface area contributed by atoms with Crippen LogP contribution in [0.1, 0.15) is 11.1 Å². The molecule has 0 aliphatic rings. The van der Waals surface area contributed by atoms with Gasteiger partial charge in [-0.2, -0.15) is 0 Å². The number of rotatable bonds is 3. The number of ether oxygens (including phenoxy) is 1. The summed E-state index contributed by atoms with van der Waals surface area (Å²) >= 11 is 0. The highest BCUT2D eigenvalue weighted by atomic mass is 16.6. The Bertz CT molecular complexity index is 970. The Morgan fingerprint density at radius 1 is 1.12 bits per heavy atom. The number of nitro groups is 1. The summed E-state index contributed by atoms with van der Waals surface area (Å²) in [5, 5.41) is 21.0. The Labute approximate surface area is 137 Å². The molecule has 3 aromatic rings. The average Bonchev–Trinajstić information content (AvgIpc) is 2.55. The minimum absolute atomic E-state index is 0.0150. The van der Waals surface area contributed by atoms with E-state index in [1.54, 1.807) is 6.20 Å². The molecule has 1 heterocycles. The molecule has 0 atom stereocenters. The lowest BCUT2D eigenvalue weighted by molar-refractivity contribution is -0.385. The molecule has 0 amide bonds. The predicted molar refractivity (Wildman–Crippen MR) is 89.3 cm³/mol. The summed E-state index contributed by atoms with van der Waals surface area (Å²) in [6.45, 7) is 3.98. The first-order valence-corrected chi connectivity index (χ1v) is 7.20. The van der Waals surface area contributed by atoms with Crippen molar-refractivity contribution in [3.63, 3.8) is 0 Å². The fourth-order valence-electron chi connectivity index (χ4n) is 2.44. The van der Waals surface area contributed by atoms with Crippen LogP contribution in [0.15, 0.2) is 30.5 Å². The molecule has 7 heteroatoms. The van der Waals surface area contributed by atoms with Crippen molar-refractivity contribution in [1.29, 1.82) is 0 Å². The fourth-order valence-corrected chi connectivity index (χ4v) is 2.44. The maximum absolute atomic E-state index is 11.1. The summed E-state index contributed by atoms with van der Waals surface area (Å²) in [5.74, 6) is -0.493. The number of aromatic nitrogens is 2. The molecule has 0 saturated carbocycles. The van der Waals surface area contributed by atoms with Crippen LogP contribution in [-0.2, 0) is 0 Å². The number of benzene rings is 2. The van der Waals surface area contributed by atoms with Crippen molar-refractivity contribution in [3.8, 4) is 22.8 Å². The largest absolute Gasteiger partial charge is 0.500 e. The maximum atomic E-state index is 11.1. The highest BCUT2D eigenvalue weighted by molar-refractivity contribution is 5.80. The summed E-state index contributed by atoms with van der Waals surface area (Å²) in [6.07, 6.45) is 1.55. The zero-order chi connectivity index (χ0) is 17.4. The van der Waals surface area contributed by atoms with Gasteiger partial charge in [-0.05, 0) is 43.2 Å². The van der Waals surface area contributed by atoms with Gasteiger partial charge >= 0.3 is 5.69 Å². The van der Waals surface area contributed by atoms with Gasteiger partial charge in [0.05, 0.1) is 35.0 Å². The van der Waals surface area contributed by atoms with Crippen molar-refractivity contribution in [2.75, 3.05) is 7.11 Å². The van der Waals surface area contributed by atoms with Gasteiger partial charge in [0.2, 0.25) is 5.75 Å². The third-order valence-electron chi connectivity index (χ3n) is 3.92. The van der Waals surface area contributed by atoms with E-state index in [2.05, 4.69) is 9.97 Å². The van der Waals surface area contributed by atoms with Crippen molar-refractivity contribution in [2.45, 2.75) is 13.8 Å². The topological polar surface area (TPSA) is 98.4 Å². The van der Waals surface area contributed by atoms with E-state index >= 15 is 0 Å². The number of hydrogen-bond acceptors (Lipinski definition) is 6. The van der Waals surface area contributed by atoms with Crippen molar-refractivity contribution in [1.82, 2.24) is 9.97 Å². The number of nitrogens with zero attached hydrogens (tertiary/aromatic N) is 3. The molecule has 0 unspecified atom stereocenters. The van der Waals surface area contributed by atoms with Crippen LogP contribution in [0, 0.1) is 24.0 Å². The van der Waals surface area contributed by atoms with Gasteiger partial charge in [0, 0.05) is 11.6 Å². The van der Waals surface area contributed by atoms with E-state index < -0.39 is 16.4 Å². The fraction of sp³-hybridized carbons (Fsp3) is 0.176. The van der Waals surface area contributed by atoms with Crippen LogP contribution in [0.2, 0.25) is 0 Å². The van der Waals surface area contributed by atoms with Crippen LogP contribution in [0.4, 0.5) is 5.69 Å². The number of nitro benzene ring substituents is 1. The normalized spacial score (nSPS) is 10.8. The third kappa shape index (κ3) is 2.60. The average molecular weight is 325 g/mol. The summed E-state index contributed by atoms with van der Waals surface area (Å²) in [6, 6.07) is 6.63. The number of fused-ring (bicyclic) bond motifs is 1. The number of aryl methyl sites for hydroxylation is 2. The third-order valence-corrected chi connectivity index (χ3v) is 3.92. The second-order valence-electron chi connectivity index (χ2n) is 5.48. The standard InChI is InChI=1S/C17H15N3O4/c1-9-4-12-13(5-10(9)2)19-14(8-18-12)11-6-15(20(22)23)17(21)16(7-11)24-3/h4-8,21H,1-3H3. The monoisotopic (exact) mass is 325 g/mol. The Morgan fingerprint density at radius 2 is 1.79 bits per heavy atom. The van der Waals surface area contributed by atoms with Gasteiger partial charge < -0.3 is 9.84 Å². The Morgan fingerprint density at radius 3 is 2.42 bits per heavy atom. The van der Waals surface area contributed by atoms with Gasteiger partial charge in [-0.15, -0.1) is 0 Å². The maximum Gasteiger partial charge on any atom is 0.315 e. The molecule has 0 bridgehead atoms. The smallest absolute Gasteiger partial charge is 0.315 e. The first kappa shape index (κ1) is 15.7. The molecule has 24 heavy (non-hydrogen) atoms. The van der Waals surface area contributed by atoms with Crippen molar-refractivity contribution in [3.05, 3.63) is 51.7 Å². The zero-order valence-corrected chi connectivity index (χ0v) is 13.4. The van der Waals surface area contributed by atoms with Crippen LogP contribution in [0.25, 0.3) is 22.3 Å². The van der Waals surface area contributed by atoms with Gasteiger partial charge in [-0.1, -0.05) is 0 Å². The zero-order valence-electron chi connectivity index (χ0n) is 13.4. The molecule has 0 spiro atoms. The summed E-state index contributed by atoms with van der Waals surface area (Å²) in [4.78, 5) is 19.4. The van der Waals surface area contributed by atoms with Crippen LogP contribution in [-0.4, -0.2) is 27.1 Å². The van der Waals surface area contributed by atoms with Crippen LogP contribution in [0.3, 0.4) is 0 Å². The summed E-state index contributed by atoms with van der Waals surface area (Å²) < 4.78 is 5.02. The van der Waals surface area contributed by atoms with Gasteiger partial charge in [-0.25, -0.2) is 4.98 Å².